The lowest BCUT2D eigenvalue weighted by atomic mass is 10.1. The first-order chi connectivity index (χ1) is 10.6. The maximum Gasteiger partial charge on any atom is 0.125 e. The van der Waals surface area contributed by atoms with Crippen LogP contribution in [0.5, 0.6) is 0 Å². The molecule has 0 amide bonds. The van der Waals surface area contributed by atoms with Crippen molar-refractivity contribution in [2.24, 2.45) is 10.3 Å². The lowest BCUT2D eigenvalue weighted by Crippen LogP contribution is -2.23. The highest BCUT2D eigenvalue weighted by Crippen LogP contribution is 2.31. The molecule has 0 saturated carbocycles. The molecule has 2 aromatic rings. The van der Waals surface area contributed by atoms with E-state index in [0.717, 1.165) is 25.9 Å². The van der Waals surface area contributed by atoms with Gasteiger partial charge < -0.3 is 4.55 Å². The summed E-state index contributed by atoms with van der Waals surface area (Å²) in [5, 5.41) is 11.4. The van der Waals surface area contributed by atoms with Crippen molar-refractivity contribution in [1.82, 2.24) is 5.01 Å². The van der Waals surface area contributed by atoms with Crippen LogP contribution in [0.1, 0.15) is 19.3 Å². The van der Waals surface area contributed by atoms with E-state index in [0.29, 0.717) is 16.5 Å². The molecule has 0 spiro atoms. The van der Waals surface area contributed by atoms with Gasteiger partial charge in [0.05, 0.1) is 10.6 Å². The summed E-state index contributed by atoms with van der Waals surface area (Å²) in [5.41, 5.74) is 0.563. The highest BCUT2D eigenvalue weighted by atomic mass is 32.2. The van der Waals surface area contributed by atoms with E-state index in [4.69, 9.17) is 0 Å². The fourth-order valence-electron chi connectivity index (χ4n) is 2.64. The number of nitrogens with zero attached hydrogens (tertiary/aromatic N) is 3. The monoisotopic (exact) mass is 318 g/mol. The second kappa shape index (κ2) is 6.02. The molecule has 1 aliphatic heterocycles. The molecule has 2 aromatic carbocycles. The Bertz CT molecular complexity index is 812. The predicted molar refractivity (Wildman–Crippen MR) is 81.9 cm³/mol. The van der Waals surface area contributed by atoms with Crippen molar-refractivity contribution in [2.75, 3.05) is 13.1 Å². The molecule has 1 aliphatic rings. The zero-order valence-electron chi connectivity index (χ0n) is 12.0. The van der Waals surface area contributed by atoms with E-state index in [1.807, 2.05) is 5.01 Å². The standard InChI is InChI=1S/C15H17N3O3S/c19-22(20,21)15-9-8-14(12-6-2-3-7-13(12)15)16-17-18-10-4-1-5-11-18/h2-3,6-9H,1,4-5,10-11H2,(H,19,20,21)/p-1. The van der Waals surface area contributed by atoms with Gasteiger partial charge in [0.1, 0.15) is 10.1 Å². The smallest absolute Gasteiger partial charge is 0.125 e. The molecule has 0 aromatic heterocycles. The predicted octanol–water partition coefficient (Wildman–Crippen LogP) is 3.23. The van der Waals surface area contributed by atoms with Crippen molar-refractivity contribution >= 4 is 26.6 Å². The molecule has 0 radical (unpaired) electrons. The highest BCUT2D eigenvalue weighted by Gasteiger charge is 2.11. The zero-order valence-corrected chi connectivity index (χ0v) is 12.8. The molecule has 0 bridgehead atoms. The highest BCUT2D eigenvalue weighted by molar-refractivity contribution is 7.86. The molecule has 0 aliphatic carbocycles. The van der Waals surface area contributed by atoms with Crippen LogP contribution in [0.15, 0.2) is 51.6 Å². The summed E-state index contributed by atoms with van der Waals surface area (Å²) < 4.78 is 34.0. The minimum atomic E-state index is -4.51. The van der Waals surface area contributed by atoms with Crippen molar-refractivity contribution < 1.29 is 13.0 Å². The van der Waals surface area contributed by atoms with Gasteiger partial charge in [-0.15, -0.1) is 5.11 Å². The third-order valence-electron chi connectivity index (χ3n) is 3.74. The minimum Gasteiger partial charge on any atom is -0.744 e. The number of hydrogen-bond donors (Lipinski definition) is 0. The Morgan fingerprint density at radius 3 is 2.32 bits per heavy atom. The average molecular weight is 318 g/mol. The quantitative estimate of drug-likeness (QED) is 0.642. The first kappa shape index (κ1) is 14.9. The number of rotatable bonds is 3. The van der Waals surface area contributed by atoms with Crippen molar-refractivity contribution in [3.8, 4) is 0 Å². The van der Waals surface area contributed by atoms with Crippen LogP contribution >= 0.6 is 0 Å². The van der Waals surface area contributed by atoms with Crippen LogP contribution in [-0.2, 0) is 10.1 Å². The Hall–Kier alpha value is -1.99. The van der Waals surface area contributed by atoms with E-state index >= 15 is 0 Å². The van der Waals surface area contributed by atoms with Crippen molar-refractivity contribution in [3.05, 3.63) is 36.4 Å². The second-order valence-electron chi connectivity index (χ2n) is 5.29. The first-order valence-corrected chi connectivity index (χ1v) is 8.61. The van der Waals surface area contributed by atoms with Gasteiger partial charge in [-0.2, -0.15) is 0 Å². The number of fused-ring (bicyclic) bond motifs is 1. The maximum atomic E-state index is 11.3. The zero-order chi connectivity index (χ0) is 15.6. The lowest BCUT2D eigenvalue weighted by molar-refractivity contribution is 0.224. The molecule has 0 unspecified atom stereocenters. The van der Waals surface area contributed by atoms with E-state index in [1.54, 1.807) is 24.3 Å². The average Bonchev–Trinajstić information content (AvgIpc) is 2.52. The van der Waals surface area contributed by atoms with Gasteiger partial charge in [0.15, 0.2) is 0 Å². The maximum absolute atomic E-state index is 11.3. The number of piperidine rings is 1. The summed E-state index contributed by atoms with van der Waals surface area (Å²) in [6.07, 6.45) is 3.42. The van der Waals surface area contributed by atoms with Crippen LogP contribution in [0, 0.1) is 0 Å². The van der Waals surface area contributed by atoms with E-state index in [2.05, 4.69) is 10.3 Å². The molecule has 7 heteroatoms. The van der Waals surface area contributed by atoms with Crippen molar-refractivity contribution in [1.29, 1.82) is 0 Å². The van der Waals surface area contributed by atoms with Gasteiger partial charge in [-0.1, -0.05) is 29.5 Å². The molecule has 1 saturated heterocycles. The Balaban J connectivity index is 2.02. The summed E-state index contributed by atoms with van der Waals surface area (Å²) in [6, 6.07) is 9.66. The topological polar surface area (TPSA) is 85.2 Å². The van der Waals surface area contributed by atoms with Gasteiger partial charge in [-0.05, 0) is 31.4 Å². The van der Waals surface area contributed by atoms with Crippen LogP contribution in [0.2, 0.25) is 0 Å². The van der Waals surface area contributed by atoms with Crippen LogP contribution in [0.3, 0.4) is 0 Å². The molecule has 22 heavy (non-hydrogen) atoms. The third-order valence-corrected chi connectivity index (χ3v) is 4.64. The number of benzene rings is 2. The van der Waals surface area contributed by atoms with Gasteiger partial charge in [-0.25, -0.2) is 8.42 Å². The van der Waals surface area contributed by atoms with E-state index in [9.17, 15) is 13.0 Å². The molecule has 0 N–H and O–H groups in total. The molecule has 1 heterocycles. The third kappa shape index (κ3) is 3.10. The van der Waals surface area contributed by atoms with Gasteiger partial charge in [0, 0.05) is 23.9 Å². The van der Waals surface area contributed by atoms with Crippen LogP contribution in [-0.4, -0.2) is 31.1 Å². The largest absolute Gasteiger partial charge is 0.744 e. The SMILES string of the molecule is O=S(=O)([O-])c1ccc(N=NN2CCCCC2)c2ccccc12. The van der Waals surface area contributed by atoms with Crippen LogP contribution < -0.4 is 0 Å². The fraction of sp³-hybridized carbons (Fsp3) is 0.333. The Labute approximate surface area is 129 Å². The Morgan fingerprint density at radius 1 is 0.955 bits per heavy atom. The number of hydrogen-bond acceptors (Lipinski definition) is 5. The van der Waals surface area contributed by atoms with E-state index < -0.39 is 10.1 Å². The lowest BCUT2D eigenvalue weighted by Gasteiger charge is -2.21. The van der Waals surface area contributed by atoms with E-state index in [1.165, 1.54) is 18.6 Å². The molecule has 0 atom stereocenters. The Morgan fingerprint density at radius 2 is 1.64 bits per heavy atom. The van der Waals surface area contributed by atoms with Crippen LogP contribution in [0.25, 0.3) is 10.8 Å². The molecular formula is C15H16N3O3S-. The van der Waals surface area contributed by atoms with Gasteiger partial charge >= 0.3 is 0 Å². The van der Waals surface area contributed by atoms with Gasteiger partial charge in [0.2, 0.25) is 0 Å². The van der Waals surface area contributed by atoms with Crippen molar-refractivity contribution in [3.63, 3.8) is 0 Å². The van der Waals surface area contributed by atoms with Gasteiger partial charge in [0.25, 0.3) is 0 Å². The molecule has 6 nitrogen and oxygen atoms in total. The fourth-order valence-corrected chi connectivity index (χ4v) is 3.32. The summed E-state index contributed by atoms with van der Waals surface area (Å²) in [5.74, 6) is 0. The molecular weight excluding hydrogens is 302 g/mol. The second-order valence-corrected chi connectivity index (χ2v) is 6.63. The minimum absolute atomic E-state index is 0.222. The van der Waals surface area contributed by atoms with Crippen molar-refractivity contribution in [2.45, 2.75) is 24.2 Å². The normalized spacial score (nSPS) is 16.5. The van der Waals surface area contributed by atoms with Crippen LogP contribution in [0.4, 0.5) is 5.69 Å². The first-order valence-electron chi connectivity index (χ1n) is 7.20. The summed E-state index contributed by atoms with van der Waals surface area (Å²) in [6.45, 7) is 1.77. The summed E-state index contributed by atoms with van der Waals surface area (Å²) in [4.78, 5) is -0.222. The Kier molecular flexibility index (Phi) is 4.08. The van der Waals surface area contributed by atoms with E-state index in [-0.39, 0.29) is 4.90 Å². The summed E-state index contributed by atoms with van der Waals surface area (Å²) >= 11 is 0. The summed E-state index contributed by atoms with van der Waals surface area (Å²) in [7, 11) is -4.51. The van der Waals surface area contributed by atoms with Gasteiger partial charge in [-0.3, -0.25) is 5.01 Å². The molecule has 1 fully saturated rings. The molecule has 3 rings (SSSR count). The molecule has 116 valence electrons.